The average Bonchev–Trinajstić information content (AvgIpc) is 2.76. The third kappa shape index (κ3) is 6.56. The highest BCUT2D eigenvalue weighted by molar-refractivity contribution is 5.89. The van der Waals surface area contributed by atoms with Gasteiger partial charge in [0.25, 0.3) is 0 Å². The van der Waals surface area contributed by atoms with Gasteiger partial charge in [-0.1, -0.05) is 51.5 Å². The van der Waals surface area contributed by atoms with Crippen LogP contribution in [0.5, 0.6) is 0 Å². The van der Waals surface area contributed by atoms with Crippen LogP contribution in [0.25, 0.3) is 0 Å². The minimum absolute atomic E-state index is 0.0781. The van der Waals surface area contributed by atoms with Crippen molar-refractivity contribution in [2.24, 2.45) is 5.73 Å². The van der Waals surface area contributed by atoms with E-state index in [1.54, 1.807) is 6.07 Å². The Morgan fingerprint density at radius 2 is 1.77 bits per heavy atom. The molecule has 0 saturated carbocycles. The van der Waals surface area contributed by atoms with Crippen LogP contribution in [0.4, 0.5) is 0 Å². The summed E-state index contributed by atoms with van der Waals surface area (Å²) in [7, 11) is 1.39. The van der Waals surface area contributed by atoms with Gasteiger partial charge in [0.2, 0.25) is 5.91 Å². The summed E-state index contributed by atoms with van der Waals surface area (Å²) >= 11 is 0. The van der Waals surface area contributed by atoms with Crippen LogP contribution in [0.1, 0.15) is 113 Å². The molecule has 1 heterocycles. The van der Waals surface area contributed by atoms with Crippen LogP contribution >= 0.6 is 0 Å². The number of carbonyl (C=O) groups is 2. The molecule has 2 N–H and O–H groups in total. The number of hydrogen-bond donors (Lipinski definition) is 1. The van der Waals surface area contributed by atoms with Gasteiger partial charge in [0.05, 0.1) is 18.7 Å². The van der Waals surface area contributed by atoms with Crippen molar-refractivity contribution in [1.29, 1.82) is 0 Å². The number of ether oxygens (including phenoxy) is 1. The van der Waals surface area contributed by atoms with E-state index in [4.69, 9.17) is 10.5 Å². The molecule has 0 bridgehead atoms. The minimum Gasteiger partial charge on any atom is -0.465 e. The molecule has 2 rings (SSSR count). The maximum Gasteiger partial charge on any atom is 0.337 e. The van der Waals surface area contributed by atoms with Crippen molar-refractivity contribution < 1.29 is 14.3 Å². The van der Waals surface area contributed by atoms with Crippen molar-refractivity contribution >= 4 is 11.9 Å². The molecule has 5 heteroatoms. The summed E-state index contributed by atoms with van der Waals surface area (Å²) in [5.41, 5.74) is 8.41. The van der Waals surface area contributed by atoms with Crippen LogP contribution < -0.4 is 5.73 Å². The molecule has 1 aromatic rings. The molecular formula is C25H40N2O3. The molecule has 1 aromatic carbocycles. The summed E-state index contributed by atoms with van der Waals surface area (Å²) in [5.74, 6) is -0.142. The molecule has 1 saturated heterocycles. The Morgan fingerprint density at radius 1 is 1.13 bits per heavy atom. The number of rotatable bonds is 6. The van der Waals surface area contributed by atoms with Gasteiger partial charge in [-0.05, 0) is 56.4 Å². The number of amides is 1. The zero-order valence-corrected chi connectivity index (χ0v) is 19.3. The second-order valence-electron chi connectivity index (χ2n) is 9.13. The molecule has 1 unspecified atom stereocenters. The predicted octanol–water partition coefficient (Wildman–Crippen LogP) is 5.47. The van der Waals surface area contributed by atoms with Gasteiger partial charge in [0, 0.05) is 18.5 Å². The van der Waals surface area contributed by atoms with Crippen molar-refractivity contribution in [1.82, 2.24) is 4.90 Å². The molecule has 5 nitrogen and oxygen atoms in total. The third-order valence-corrected chi connectivity index (χ3v) is 6.07. The SMILES string of the molecule is CCCC(c1cc(C(=O)OC)ccc1C(C)(C)N)N1CCCCCCCCCC1=O. The number of hydrogen-bond acceptors (Lipinski definition) is 4. The Labute approximate surface area is 182 Å². The highest BCUT2D eigenvalue weighted by atomic mass is 16.5. The van der Waals surface area contributed by atoms with Crippen molar-refractivity contribution in [3.8, 4) is 0 Å². The number of methoxy groups -OCH3 is 1. The van der Waals surface area contributed by atoms with E-state index >= 15 is 0 Å². The molecule has 0 aliphatic carbocycles. The van der Waals surface area contributed by atoms with Gasteiger partial charge in [0.1, 0.15) is 0 Å². The Hall–Kier alpha value is -1.88. The van der Waals surface area contributed by atoms with E-state index < -0.39 is 5.54 Å². The molecule has 1 aliphatic rings. The van der Waals surface area contributed by atoms with E-state index in [-0.39, 0.29) is 17.9 Å². The molecule has 1 aliphatic heterocycles. The van der Waals surface area contributed by atoms with Crippen LogP contribution in [0.3, 0.4) is 0 Å². The van der Waals surface area contributed by atoms with Gasteiger partial charge >= 0.3 is 5.97 Å². The first-order valence-electron chi connectivity index (χ1n) is 11.6. The fourth-order valence-electron chi connectivity index (χ4n) is 4.46. The summed E-state index contributed by atoms with van der Waals surface area (Å²) in [4.78, 5) is 27.6. The molecular weight excluding hydrogens is 376 g/mol. The fourth-order valence-corrected chi connectivity index (χ4v) is 4.46. The molecule has 0 aromatic heterocycles. The Bertz CT molecular complexity index is 709. The van der Waals surface area contributed by atoms with Crippen molar-refractivity contribution in [3.05, 3.63) is 34.9 Å². The van der Waals surface area contributed by atoms with Crippen molar-refractivity contribution in [2.45, 2.75) is 96.6 Å². The van der Waals surface area contributed by atoms with Gasteiger partial charge in [-0.25, -0.2) is 4.79 Å². The monoisotopic (exact) mass is 416 g/mol. The lowest BCUT2D eigenvalue weighted by Crippen LogP contribution is -2.38. The first-order valence-corrected chi connectivity index (χ1v) is 11.6. The second-order valence-corrected chi connectivity index (χ2v) is 9.13. The Morgan fingerprint density at radius 3 is 2.37 bits per heavy atom. The summed E-state index contributed by atoms with van der Waals surface area (Å²) in [5, 5.41) is 0. The summed E-state index contributed by atoms with van der Waals surface area (Å²) in [6, 6.07) is 5.53. The molecule has 0 spiro atoms. The first kappa shape index (κ1) is 24.4. The maximum atomic E-state index is 13.3. The van der Waals surface area contributed by atoms with Gasteiger partial charge in [-0.15, -0.1) is 0 Å². The highest BCUT2D eigenvalue weighted by Crippen LogP contribution is 2.35. The van der Waals surface area contributed by atoms with E-state index in [2.05, 4.69) is 11.8 Å². The number of nitrogens with zero attached hydrogens (tertiary/aromatic N) is 1. The minimum atomic E-state index is -0.576. The zero-order valence-electron chi connectivity index (χ0n) is 19.3. The Kier molecular flexibility index (Phi) is 9.35. The van der Waals surface area contributed by atoms with E-state index in [0.29, 0.717) is 12.0 Å². The molecule has 1 atom stereocenters. The summed E-state index contributed by atoms with van der Waals surface area (Å²) in [6.07, 6.45) is 10.3. The number of benzene rings is 1. The topological polar surface area (TPSA) is 72.6 Å². The van der Waals surface area contributed by atoms with Gasteiger partial charge in [-0.2, -0.15) is 0 Å². The summed E-state index contributed by atoms with van der Waals surface area (Å²) < 4.78 is 4.95. The average molecular weight is 417 g/mol. The normalized spacial score (nSPS) is 17.9. The van der Waals surface area contributed by atoms with Crippen molar-refractivity contribution in [3.63, 3.8) is 0 Å². The Balaban J connectivity index is 2.51. The van der Waals surface area contributed by atoms with Crippen LogP contribution in [-0.4, -0.2) is 30.4 Å². The first-order chi connectivity index (χ1) is 14.3. The van der Waals surface area contributed by atoms with Crippen LogP contribution in [-0.2, 0) is 15.1 Å². The van der Waals surface area contributed by atoms with Crippen LogP contribution in [0.2, 0.25) is 0 Å². The molecule has 1 fully saturated rings. The largest absolute Gasteiger partial charge is 0.465 e. The number of esters is 1. The van der Waals surface area contributed by atoms with Gasteiger partial charge < -0.3 is 15.4 Å². The number of nitrogens with two attached hydrogens (primary N) is 1. The lowest BCUT2D eigenvalue weighted by atomic mass is 9.84. The number of carbonyl (C=O) groups excluding carboxylic acids is 2. The maximum absolute atomic E-state index is 13.3. The standard InChI is InChI=1S/C25H40N2O3/c1-5-13-22(27-17-12-10-8-6-7-9-11-14-23(27)28)20-18-19(24(29)30-4)15-16-21(20)25(2,3)26/h15-16,18,22H,5-14,17,26H2,1-4H3. The lowest BCUT2D eigenvalue weighted by Gasteiger charge is -2.36. The third-order valence-electron chi connectivity index (χ3n) is 6.07. The fraction of sp³-hybridized carbons (Fsp3) is 0.680. The zero-order chi connectivity index (χ0) is 22.1. The summed E-state index contributed by atoms with van der Waals surface area (Å²) in [6.45, 7) is 6.85. The van der Waals surface area contributed by atoms with Crippen molar-refractivity contribution in [2.75, 3.05) is 13.7 Å². The van der Waals surface area contributed by atoms with E-state index in [1.807, 2.05) is 26.0 Å². The quantitative estimate of drug-likeness (QED) is 0.624. The van der Waals surface area contributed by atoms with Gasteiger partial charge in [-0.3, -0.25) is 4.79 Å². The second kappa shape index (κ2) is 11.5. The smallest absolute Gasteiger partial charge is 0.337 e. The van der Waals surface area contributed by atoms with E-state index in [9.17, 15) is 9.59 Å². The van der Waals surface area contributed by atoms with E-state index in [1.165, 1.54) is 26.4 Å². The molecule has 30 heavy (non-hydrogen) atoms. The lowest BCUT2D eigenvalue weighted by molar-refractivity contribution is -0.134. The molecule has 0 radical (unpaired) electrons. The highest BCUT2D eigenvalue weighted by Gasteiger charge is 2.30. The van der Waals surface area contributed by atoms with Crippen LogP contribution in [0, 0.1) is 0 Å². The molecule has 1 amide bonds. The molecule has 168 valence electrons. The van der Waals surface area contributed by atoms with Gasteiger partial charge in [0.15, 0.2) is 0 Å². The van der Waals surface area contributed by atoms with E-state index in [0.717, 1.165) is 56.2 Å². The predicted molar refractivity (Wildman–Crippen MR) is 121 cm³/mol. The van der Waals surface area contributed by atoms with Crippen LogP contribution in [0.15, 0.2) is 18.2 Å².